The van der Waals surface area contributed by atoms with Crippen molar-refractivity contribution in [2.24, 2.45) is 11.3 Å². The number of hydrogen-bond acceptors (Lipinski definition) is 8. The number of rotatable bonds is 8. The summed E-state index contributed by atoms with van der Waals surface area (Å²) in [5, 5.41) is 10.5. The number of Topliss-reactive ketones (excluding diaryl/α,β-unsaturated/α-hetero) is 1. The average molecular weight is 600 g/mol. The molecule has 3 aromatic heterocycles. The highest BCUT2D eigenvalue weighted by Crippen LogP contribution is 2.38. The zero-order valence-corrected chi connectivity index (χ0v) is 26.1. The van der Waals surface area contributed by atoms with E-state index in [2.05, 4.69) is 53.8 Å². The molecule has 8 nitrogen and oxygen atoms in total. The first-order chi connectivity index (χ1) is 20.6. The number of benzene rings is 1. The molecule has 226 valence electrons. The molecule has 6 rings (SSSR count). The first-order valence-corrected chi connectivity index (χ1v) is 16.3. The zero-order valence-electron chi connectivity index (χ0n) is 25.3. The van der Waals surface area contributed by atoms with Crippen molar-refractivity contribution < 1.29 is 9.90 Å². The van der Waals surface area contributed by atoms with Gasteiger partial charge in [0.2, 0.25) is 0 Å². The third-order valence-corrected chi connectivity index (χ3v) is 10.4. The maximum Gasteiger partial charge on any atom is 0.344 e. The molecule has 1 saturated heterocycles. The van der Waals surface area contributed by atoms with Crippen LogP contribution < -0.4 is 5.69 Å². The van der Waals surface area contributed by atoms with Crippen LogP contribution in [-0.4, -0.2) is 61.5 Å². The SMILES string of the molecule is CC(C)(C)[C@H]1CCc2nc3sc(C(=O)C[C@H](CCN4CCC(O)CC4)c4ccc(-c5cnc(=O)[nH]c5)cc4)nc3cc2C1. The van der Waals surface area contributed by atoms with Crippen molar-refractivity contribution in [2.45, 2.75) is 77.7 Å². The van der Waals surface area contributed by atoms with E-state index in [4.69, 9.17) is 9.97 Å². The van der Waals surface area contributed by atoms with Crippen molar-refractivity contribution >= 4 is 27.5 Å². The summed E-state index contributed by atoms with van der Waals surface area (Å²) < 4.78 is 0. The molecule has 9 heteroatoms. The number of piperidine rings is 1. The second kappa shape index (κ2) is 12.4. The average Bonchev–Trinajstić information content (AvgIpc) is 3.41. The highest BCUT2D eigenvalue weighted by atomic mass is 32.1. The van der Waals surface area contributed by atoms with Crippen molar-refractivity contribution in [3.8, 4) is 11.1 Å². The van der Waals surface area contributed by atoms with Crippen LogP contribution in [0.5, 0.6) is 0 Å². The summed E-state index contributed by atoms with van der Waals surface area (Å²) in [5.74, 6) is 0.707. The van der Waals surface area contributed by atoms with Gasteiger partial charge in [-0.3, -0.25) is 4.79 Å². The summed E-state index contributed by atoms with van der Waals surface area (Å²) in [6.07, 6.45) is 8.98. The normalized spacial score (nSPS) is 18.9. The van der Waals surface area contributed by atoms with Gasteiger partial charge in [-0.1, -0.05) is 56.4 Å². The van der Waals surface area contributed by atoms with Crippen LogP contribution in [0.3, 0.4) is 0 Å². The third kappa shape index (κ3) is 6.95. The minimum absolute atomic E-state index is 0.0304. The number of hydrogen-bond donors (Lipinski definition) is 2. The second-order valence-corrected chi connectivity index (χ2v) is 14.3. The Morgan fingerprint density at radius 1 is 1.12 bits per heavy atom. The lowest BCUT2D eigenvalue weighted by molar-refractivity contribution is 0.0805. The molecule has 1 aromatic carbocycles. The van der Waals surface area contributed by atoms with Crippen LogP contribution >= 0.6 is 11.3 Å². The lowest BCUT2D eigenvalue weighted by atomic mass is 9.71. The topological polar surface area (TPSA) is 112 Å². The molecule has 2 aliphatic rings. The molecule has 4 heterocycles. The van der Waals surface area contributed by atoms with E-state index in [-0.39, 0.29) is 28.9 Å². The number of likely N-dealkylation sites (tertiary alicyclic amines) is 1. The summed E-state index contributed by atoms with van der Waals surface area (Å²) >= 11 is 1.42. The number of nitrogens with zero attached hydrogens (tertiary/aromatic N) is 4. The first-order valence-electron chi connectivity index (χ1n) is 15.5. The van der Waals surface area contributed by atoms with Gasteiger partial charge in [0.15, 0.2) is 10.8 Å². The number of H-pyrrole nitrogens is 1. The van der Waals surface area contributed by atoms with Gasteiger partial charge < -0.3 is 15.0 Å². The van der Waals surface area contributed by atoms with E-state index in [1.807, 2.05) is 12.1 Å². The lowest BCUT2D eigenvalue weighted by Gasteiger charge is -2.34. The van der Waals surface area contributed by atoms with Crippen LogP contribution in [0.1, 0.15) is 85.4 Å². The number of aromatic amines is 1. The largest absolute Gasteiger partial charge is 0.393 e. The smallest absolute Gasteiger partial charge is 0.344 e. The van der Waals surface area contributed by atoms with Gasteiger partial charge >= 0.3 is 5.69 Å². The van der Waals surface area contributed by atoms with Gasteiger partial charge in [0, 0.05) is 43.2 Å². The van der Waals surface area contributed by atoms with E-state index in [1.54, 1.807) is 12.4 Å². The van der Waals surface area contributed by atoms with Crippen LogP contribution in [0, 0.1) is 11.3 Å². The fourth-order valence-corrected chi connectivity index (χ4v) is 7.39. The van der Waals surface area contributed by atoms with Crippen molar-refractivity contribution in [1.29, 1.82) is 0 Å². The summed E-state index contributed by atoms with van der Waals surface area (Å²) in [4.78, 5) is 44.6. The van der Waals surface area contributed by atoms with Gasteiger partial charge in [-0.25, -0.2) is 19.7 Å². The predicted octanol–water partition coefficient (Wildman–Crippen LogP) is 5.80. The summed E-state index contributed by atoms with van der Waals surface area (Å²) in [5.41, 5.74) is 6.07. The van der Waals surface area contributed by atoms with Gasteiger partial charge in [-0.2, -0.15) is 0 Å². The van der Waals surface area contributed by atoms with E-state index in [0.29, 0.717) is 17.3 Å². The van der Waals surface area contributed by atoms with Crippen molar-refractivity contribution in [2.75, 3.05) is 19.6 Å². The van der Waals surface area contributed by atoms with Crippen molar-refractivity contribution in [3.63, 3.8) is 0 Å². The van der Waals surface area contributed by atoms with Crippen LogP contribution in [0.2, 0.25) is 0 Å². The van der Waals surface area contributed by atoms with E-state index in [1.165, 1.54) is 16.9 Å². The highest BCUT2D eigenvalue weighted by molar-refractivity contribution is 7.19. The Morgan fingerprint density at radius 2 is 1.88 bits per heavy atom. The number of aliphatic hydroxyl groups excluding tert-OH is 1. The number of ketones is 1. The molecule has 2 N–H and O–H groups in total. The Hall–Kier alpha value is -3.27. The predicted molar refractivity (Wildman–Crippen MR) is 171 cm³/mol. The number of fused-ring (bicyclic) bond motifs is 2. The molecular formula is C34H41N5O3S. The van der Waals surface area contributed by atoms with Gasteiger partial charge in [-0.05, 0) is 85.1 Å². The molecule has 0 radical (unpaired) electrons. The molecule has 4 aromatic rings. The Morgan fingerprint density at radius 3 is 2.58 bits per heavy atom. The Balaban J connectivity index is 1.21. The molecular weight excluding hydrogens is 558 g/mol. The Kier molecular flexibility index (Phi) is 8.58. The standard InChI is InChI=1S/C34H41N5O3S/c1-34(2,3)26-8-9-28-24(16-26)17-29-31(37-28)43-32(38-29)30(41)18-23(10-13-39-14-11-27(40)12-15-39)21-4-6-22(7-5-21)25-19-35-33(42)36-20-25/h4-7,17,19-20,23,26-27,40H,8-16,18H2,1-3H3,(H,35,36,42)/t23-,26-/m0/s1. The van der Waals surface area contributed by atoms with E-state index in [0.717, 1.165) is 90.9 Å². The number of aromatic nitrogens is 4. The molecule has 1 fully saturated rings. The highest BCUT2D eigenvalue weighted by Gasteiger charge is 2.30. The van der Waals surface area contributed by atoms with Crippen molar-refractivity contribution in [3.05, 3.63) is 75.0 Å². The summed E-state index contributed by atoms with van der Waals surface area (Å²) in [6.45, 7) is 9.57. The van der Waals surface area contributed by atoms with Gasteiger partial charge in [0.1, 0.15) is 10.3 Å². The second-order valence-electron chi connectivity index (χ2n) is 13.4. The quantitative estimate of drug-likeness (QED) is 0.246. The molecule has 2 atom stereocenters. The molecule has 0 amide bonds. The lowest BCUT2D eigenvalue weighted by Crippen LogP contribution is -2.36. The Labute approximate surface area is 256 Å². The first kappa shape index (κ1) is 29.8. The molecule has 0 saturated carbocycles. The minimum Gasteiger partial charge on any atom is -0.393 e. The molecule has 0 spiro atoms. The molecule has 1 aliphatic carbocycles. The molecule has 1 aliphatic heterocycles. The fourth-order valence-electron chi connectivity index (χ4n) is 6.50. The van der Waals surface area contributed by atoms with E-state index < -0.39 is 0 Å². The number of nitrogens with one attached hydrogen (secondary N) is 1. The maximum absolute atomic E-state index is 13.7. The van der Waals surface area contributed by atoms with Gasteiger partial charge in [0.05, 0.1) is 6.10 Å². The van der Waals surface area contributed by atoms with E-state index >= 15 is 0 Å². The molecule has 0 bridgehead atoms. The third-order valence-electron chi connectivity index (χ3n) is 9.38. The number of pyridine rings is 1. The van der Waals surface area contributed by atoms with Crippen LogP contribution in [0.4, 0.5) is 0 Å². The van der Waals surface area contributed by atoms with Gasteiger partial charge in [-0.15, -0.1) is 0 Å². The molecule has 43 heavy (non-hydrogen) atoms. The summed E-state index contributed by atoms with van der Waals surface area (Å²) in [6, 6.07) is 10.4. The van der Waals surface area contributed by atoms with Crippen LogP contribution in [0.25, 0.3) is 21.5 Å². The van der Waals surface area contributed by atoms with Gasteiger partial charge in [0.25, 0.3) is 0 Å². The number of carbonyl (C=O) groups excluding carboxylic acids is 1. The van der Waals surface area contributed by atoms with Crippen molar-refractivity contribution in [1.82, 2.24) is 24.8 Å². The van der Waals surface area contributed by atoms with Crippen LogP contribution in [0.15, 0.2) is 47.5 Å². The van der Waals surface area contributed by atoms with E-state index in [9.17, 15) is 14.7 Å². The Bertz CT molecular complexity index is 1630. The number of aryl methyl sites for hydroxylation is 1. The monoisotopic (exact) mass is 599 g/mol. The fraction of sp³-hybridized carbons (Fsp3) is 0.500. The summed E-state index contributed by atoms with van der Waals surface area (Å²) in [7, 11) is 0. The number of carbonyl (C=O) groups is 1. The number of aliphatic hydroxyl groups is 1. The van der Waals surface area contributed by atoms with Crippen LogP contribution in [-0.2, 0) is 12.8 Å². The zero-order chi connectivity index (χ0) is 30.1. The number of thiazole rings is 1. The minimum atomic E-state index is -0.372. The molecule has 0 unspecified atom stereocenters. The maximum atomic E-state index is 13.7.